The van der Waals surface area contributed by atoms with Crippen LogP contribution in [0.4, 0.5) is 0 Å². The van der Waals surface area contributed by atoms with Crippen LogP contribution in [0.1, 0.15) is 47.5 Å². The van der Waals surface area contributed by atoms with Gasteiger partial charge in [-0.05, 0) is 49.7 Å². The molecule has 1 unspecified atom stereocenters. The SMILES string of the molecule is COCCCOc1ccc2c3c(oc2c1)C(C)(C)c1cc(OCC(O)[C@H](O)CO)ccc1C3=O. The fourth-order valence-corrected chi connectivity index (χ4v) is 4.23. The number of benzene rings is 2. The van der Waals surface area contributed by atoms with Crippen LogP contribution in [0.5, 0.6) is 11.5 Å². The van der Waals surface area contributed by atoms with Crippen LogP contribution in [-0.2, 0) is 10.2 Å². The Morgan fingerprint density at radius 1 is 1.00 bits per heavy atom. The van der Waals surface area contributed by atoms with E-state index < -0.39 is 24.2 Å². The van der Waals surface area contributed by atoms with Crippen LogP contribution in [0.3, 0.4) is 0 Å². The number of hydrogen-bond acceptors (Lipinski definition) is 8. The lowest BCUT2D eigenvalue weighted by Crippen LogP contribution is -2.34. The van der Waals surface area contributed by atoms with E-state index in [2.05, 4.69) is 0 Å². The third-order valence-corrected chi connectivity index (χ3v) is 6.18. The summed E-state index contributed by atoms with van der Waals surface area (Å²) in [6.45, 7) is 4.34. The van der Waals surface area contributed by atoms with E-state index in [1.807, 2.05) is 26.0 Å². The minimum atomic E-state index is -1.29. The molecule has 0 spiro atoms. The van der Waals surface area contributed by atoms with Gasteiger partial charge in [-0.25, -0.2) is 0 Å². The topological polar surface area (TPSA) is 119 Å². The number of carbonyl (C=O) groups is 1. The van der Waals surface area contributed by atoms with Crippen LogP contribution in [0.25, 0.3) is 11.0 Å². The summed E-state index contributed by atoms with van der Waals surface area (Å²) < 4.78 is 22.7. The maximum Gasteiger partial charge on any atom is 0.197 e. The van der Waals surface area contributed by atoms with E-state index in [0.29, 0.717) is 47.2 Å². The van der Waals surface area contributed by atoms with Crippen molar-refractivity contribution in [3.05, 3.63) is 58.8 Å². The molecule has 4 rings (SSSR count). The average Bonchev–Trinajstić information content (AvgIpc) is 3.23. The summed E-state index contributed by atoms with van der Waals surface area (Å²) in [5.74, 6) is 1.55. The third-order valence-electron chi connectivity index (χ3n) is 6.18. The monoisotopic (exact) mass is 470 g/mol. The number of carbonyl (C=O) groups excluding carboxylic acids is 1. The van der Waals surface area contributed by atoms with Gasteiger partial charge in [0.1, 0.15) is 41.7 Å². The van der Waals surface area contributed by atoms with Crippen molar-refractivity contribution < 1.29 is 38.7 Å². The first kappa shape index (κ1) is 24.2. The maximum atomic E-state index is 13.5. The van der Waals surface area contributed by atoms with Crippen LogP contribution in [0.2, 0.25) is 0 Å². The second-order valence-corrected chi connectivity index (χ2v) is 8.95. The van der Waals surface area contributed by atoms with Crippen molar-refractivity contribution in [3.63, 3.8) is 0 Å². The predicted molar refractivity (Wildman–Crippen MR) is 125 cm³/mol. The number of methoxy groups -OCH3 is 1. The quantitative estimate of drug-likeness (QED) is 0.387. The number of hydrogen-bond donors (Lipinski definition) is 3. The first-order valence-corrected chi connectivity index (χ1v) is 11.3. The molecule has 3 N–H and O–H groups in total. The molecule has 2 atom stereocenters. The van der Waals surface area contributed by atoms with Gasteiger partial charge in [-0.3, -0.25) is 4.79 Å². The highest BCUT2D eigenvalue weighted by atomic mass is 16.5. The number of aliphatic hydroxyl groups excluding tert-OH is 3. The zero-order valence-electron chi connectivity index (χ0n) is 19.5. The van der Waals surface area contributed by atoms with Crippen molar-refractivity contribution in [2.45, 2.75) is 37.9 Å². The molecule has 2 aromatic carbocycles. The van der Waals surface area contributed by atoms with Crippen LogP contribution in [0.15, 0.2) is 40.8 Å². The van der Waals surface area contributed by atoms with Crippen molar-refractivity contribution in [1.29, 1.82) is 0 Å². The molecule has 0 saturated carbocycles. The molecule has 0 aliphatic heterocycles. The van der Waals surface area contributed by atoms with Gasteiger partial charge in [0, 0.05) is 42.6 Å². The van der Waals surface area contributed by atoms with E-state index in [0.717, 1.165) is 17.4 Å². The van der Waals surface area contributed by atoms with Gasteiger partial charge >= 0.3 is 0 Å². The Bertz CT molecular complexity index is 1180. The number of ketones is 1. The summed E-state index contributed by atoms with van der Waals surface area (Å²) in [4.78, 5) is 13.5. The Balaban J connectivity index is 1.64. The molecule has 34 heavy (non-hydrogen) atoms. The lowest BCUT2D eigenvalue weighted by molar-refractivity contribution is -0.0339. The highest BCUT2D eigenvalue weighted by molar-refractivity contribution is 6.19. The summed E-state index contributed by atoms with van der Waals surface area (Å²) in [6.07, 6.45) is -1.75. The second-order valence-electron chi connectivity index (χ2n) is 8.95. The van der Waals surface area contributed by atoms with Crippen LogP contribution in [0, 0.1) is 0 Å². The normalized spacial score (nSPS) is 16.1. The van der Waals surface area contributed by atoms with E-state index in [9.17, 15) is 15.0 Å². The van der Waals surface area contributed by atoms with Gasteiger partial charge in [0.15, 0.2) is 5.78 Å². The Morgan fingerprint density at radius 3 is 2.47 bits per heavy atom. The molecule has 1 aromatic heterocycles. The lowest BCUT2D eigenvalue weighted by atomic mass is 9.71. The van der Waals surface area contributed by atoms with E-state index in [1.165, 1.54) is 0 Å². The van der Waals surface area contributed by atoms with Crippen LogP contribution < -0.4 is 9.47 Å². The predicted octanol–water partition coefficient (Wildman–Crippen LogP) is 2.81. The number of furan rings is 1. The molecule has 1 heterocycles. The number of aliphatic hydroxyl groups is 3. The molecule has 182 valence electrons. The van der Waals surface area contributed by atoms with E-state index in [1.54, 1.807) is 31.4 Å². The fourth-order valence-electron chi connectivity index (χ4n) is 4.23. The van der Waals surface area contributed by atoms with Gasteiger partial charge in [-0.1, -0.05) is 0 Å². The molecule has 0 radical (unpaired) electrons. The molecular formula is C26H30O8. The average molecular weight is 471 g/mol. The zero-order chi connectivity index (χ0) is 24.5. The molecule has 0 amide bonds. The minimum absolute atomic E-state index is 0.126. The van der Waals surface area contributed by atoms with Gasteiger partial charge < -0.3 is 33.9 Å². The highest BCUT2D eigenvalue weighted by Crippen LogP contribution is 2.46. The first-order chi connectivity index (χ1) is 16.3. The van der Waals surface area contributed by atoms with Gasteiger partial charge in [-0.15, -0.1) is 0 Å². The van der Waals surface area contributed by atoms with Gasteiger partial charge in [0.25, 0.3) is 0 Å². The van der Waals surface area contributed by atoms with Crippen molar-refractivity contribution in [3.8, 4) is 11.5 Å². The molecule has 3 aromatic rings. The minimum Gasteiger partial charge on any atom is -0.493 e. The number of fused-ring (bicyclic) bond motifs is 4. The van der Waals surface area contributed by atoms with Crippen molar-refractivity contribution in [2.75, 3.05) is 33.5 Å². The molecule has 8 nitrogen and oxygen atoms in total. The largest absolute Gasteiger partial charge is 0.493 e. The first-order valence-electron chi connectivity index (χ1n) is 11.3. The Morgan fingerprint density at radius 2 is 1.74 bits per heavy atom. The van der Waals surface area contributed by atoms with E-state index in [-0.39, 0.29) is 12.4 Å². The Kier molecular flexibility index (Phi) is 6.95. The summed E-state index contributed by atoms with van der Waals surface area (Å²) >= 11 is 0. The molecule has 0 fully saturated rings. The molecule has 8 heteroatoms. The molecule has 0 bridgehead atoms. The zero-order valence-corrected chi connectivity index (χ0v) is 19.5. The standard InChI is InChI=1S/C26H30O8/c1-26(2)19-11-15(33-14-21(29)20(28)13-27)5-7-17(19)24(30)23-18-8-6-16(32-10-4-9-31-3)12-22(18)34-25(23)26/h5-8,11-12,20-21,27-29H,4,9-10,13-14H2,1-3H3/t20-,21?/m1/s1. The fraction of sp³-hybridized carbons (Fsp3) is 0.423. The second kappa shape index (κ2) is 9.76. The van der Waals surface area contributed by atoms with Crippen molar-refractivity contribution in [2.24, 2.45) is 0 Å². The number of rotatable bonds is 10. The van der Waals surface area contributed by atoms with Gasteiger partial charge in [0.05, 0.1) is 18.8 Å². The third kappa shape index (κ3) is 4.42. The maximum absolute atomic E-state index is 13.5. The van der Waals surface area contributed by atoms with Crippen LogP contribution in [-0.4, -0.2) is 66.8 Å². The summed E-state index contributed by atoms with van der Waals surface area (Å²) in [6, 6.07) is 10.6. The highest BCUT2D eigenvalue weighted by Gasteiger charge is 2.41. The molecular weight excluding hydrogens is 440 g/mol. The number of ether oxygens (including phenoxy) is 3. The van der Waals surface area contributed by atoms with Crippen molar-refractivity contribution in [1.82, 2.24) is 0 Å². The van der Waals surface area contributed by atoms with E-state index >= 15 is 0 Å². The van der Waals surface area contributed by atoms with E-state index in [4.69, 9.17) is 23.7 Å². The van der Waals surface area contributed by atoms with Gasteiger partial charge in [-0.2, -0.15) is 0 Å². The summed E-state index contributed by atoms with van der Waals surface area (Å²) in [7, 11) is 1.65. The lowest BCUT2D eigenvalue weighted by Gasteiger charge is -2.31. The Labute approximate surface area is 197 Å². The molecule has 1 aliphatic rings. The molecule has 1 aliphatic carbocycles. The van der Waals surface area contributed by atoms with Crippen molar-refractivity contribution >= 4 is 16.8 Å². The smallest absolute Gasteiger partial charge is 0.197 e. The summed E-state index contributed by atoms with van der Waals surface area (Å²) in [5.41, 5.74) is 1.81. The Hall–Kier alpha value is -2.91. The summed E-state index contributed by atoms with van der Waals surface area (Å²) in [5, 5.41) is 29.1. The molecule has 0 saturated heterocycles. The van der Waals surface area contributed by atoms with Gasteiger partial charge in [0.2, 0.25) is 0 Å². The van der Waals surface area contributed by atoms with Crippen LogP contribution >= 0.6 is 0 Å².